The van der Waals surface area contributed by atoms with Crippen LogP contribution in [0, 0.1) is 5.82 Å². The number of piperazine rings is 1. The number of nitrogens with one attached hydrogen (secondary N) is 1. The fourth-order valence-electron chi connectivity index (χ4n) is 5.79. The van der Waals surface area contributed by atoms with Crippen LogP contribution in [0.15, 0.2) is 37.1 Å². The second kappa shape index (κ2) is 10.4. The summed E-state index contributed by atoms with van der Waals surface area (Å²) in [6.07, 6.45) is 2.95. The zero-order chi connectivity index (χ0) is 29.2. The summed E-state index contributed by atoms with van der Waals surface area (Å²) in [5, 5.41) is 8.88. The van der Waals surface area contributed by atoms with Crippen LogP contribution < -0.4 is 9.80 Å². The topological polar surface area (TPSA) is 84.5 Å². The van der Waals surface area contributed by atoms with Gasteiger partial charge in [-0.15, -0.1) is 0 Å². The lowest BCUT2D eigenvalue weighted by Gasteiger charge is -2.45. The molecule has 0 spiro atoms. The number of carbonyl (C=O) groups is 1. The molecule has 0 saturated carbocycles. The minimum Gasteiger partial charge on any atom is -0.349 e. The molecule has 2 aromatic carbocycles. The van der Waals surface area contributed by atoms with Gasteiger partial charge in [-0.1, -0.05) is 35.8 Å². The van der Waals surface area contributed by atoms with E-state index in [1.807, 2.05) is 27.9 Å². The first-order chi connectivity index (χ1) is 19.6. The monoisotopic (exact) mass is 596 g/mol. The Hall–Kier alpha value is -3.47. The van der Waals surface area contributed by atoms with Crippen molar-refractivity contribution in [2.24, 2.45) is 0 Å². The second-order valence-corrected chi connectivity index (χ2v) is 11.9. The number of aromatic nitrogens is 4. The quantitative estimate of drug-likeness (QED) is 0.325. The SMILES string of the molecule is C=CC(=O)N1C[C@H](C)N(c2nc(N3CC(N(C)C)C3)nc3c(F)c(-c4ccc(Cl)c5[nH]ncc45)c(Cl)cc23)C[C@H]1C. The van der Waals surface area contributed by atoms with Crippen LogP contribution in [0.3, 0.4) is 0 Å². The van der Waals surface area contributed by atoms with Crippen LogP contribution in [0.5, 0.6) is 0 Å². The van der Waals surface area contributed by atoms with Crippen molar-refractivity contribution in [2.75, 3.05) is 50.1 Å². The third-order valence-electron chi connectivity index (χ3n) is 8.28. The first-order valence-electron chi connectivity index (χ1n) is 13.5. The number of amides is 1. The van der Waals surface area contributed by atoms with Crippen LogP contribution >= 0.6 is 23.2 Å². The second-order valence-electron chi connectivity index (χ2n) is 11.1. The van der Waals surface area contributed by atoms with Crippen LogP contribution in [0.4, 0.5) is 16.2 Å². The van der Waals surface area contributed by atoms with Gasteiger partial charge in [-0.25, -0.2) is 9.37 Å². The normalized spacial score (nSPS) is 19.9. The number of rotatable bonds is 5. The number of anilines is 2. The number of halogens is 3. The van der Waals surface area contributed by atoms with Gasteiger partial charge in [0.15, 0.2) is 5.82 Å². The number of hydrogen-bond acceptors (Lipinski definition) is 7. The molecule has 0 radical (unpaired) electrons. The number of aromatic amines is 1. The molecule has 1 amide bonds. The molecule has 2 aromatic heterocycles. The van der Waals surface area contributed by atoms with Gasteiger partial charge >= 0.3 is 0 Å². The van der Waals surface area contributed by atoms with Gasteiger partial charge in [0.25, 0.3) is 0 Å². The van der Waals surface area contributed by atoms with Crippen LogP contribution in [0.25, 0.3) is 32.9 Å². The van der Waals surface area contributed by atoms with E-state index in [1.54, 1.807) is 29.3 Å². The Bertz CT molecular complexity index is 1680. The fourth-order valence-corrected chi connectivity index (χ4v) is 6.29. The van der Waals surface area contributed by atoms with Gasteiger partial charge in [-0.2, -0.15) is 10.1 Å². The van der Waals surface area contributed by atoms with Gasteiger partial charge in [0.2, 0.25) is 11.9 Å². The molecule has 214 valence electrons. The minimum absolute atomic E-state index is 0.0877. The zero-order valence-electron chi connectivity index (χ0n) is 23.3. The van der Waals surface area contributed by atoms with E-state index in [0.717, 1.165) is 13.1 Å². The number of H-pyrrole nitrogens is 1. The molecule has 2 fully saturated rings. The van der Waals surface area contributed by atoms with Gasteiger partial charge in [0.05, 0.1) is 21.8 Å². The third-order valence-corrected chi connectivity index (χ3v) is 8.89. The summed E-state index contributed by atoms with van der Waals surface area (Å²) >= 11 is 13.2. The maximum absolute atomic E-state index is 16.7. The minimum atomic E-state index is -0.534. The lowest BCUT2D eigenvalue weighted by Crippen LogP contribution is -2.59. The van der Waals surface area contributed by atoms with E-state index in [2.05, 4.69) is 31.5 Å². The van der Waals surface area contributed by atoms with Crippen LogP contribution in [-0.2, 0) is 4.79 Å². The fraction of sp³-hybridized carbons (Fsp3) is 0.379. The van der Waals surface area contributed by atoms with Crippen molar-refractivity contribution in [3.8, 4) is 11.1 Å². The van der Waals surface area contributed by atoms with Crippen molar-refractivity contribution in [1.29, 1.82) is 0 Å². The van der Waals surface area contributed by atoms with Crippen molar-refractivity contribution < 1.29 is 9.18 Å². The Morgan fingerprint density at radius 3 is 2.56 bits per heavy atom. The summed E-state index contributed by atoms with van der Waals surface area (Å²) in [5.74, 6) is 0.417. The molecule has 0 bridgehead atoms. The highest BCUT2D eigenvalue weighted by Crippen LogP contribution is 2.42. The van der Waals surface area contributed by atoms with E-state index in [0.29, 0.717) is 57.8 Å². The van der Waals surface area contributed by atoms with Gasteiger partial charge in [-0.05, 0) is 51.7 Å². The molecule has 2 saturated heterocycles. The standard InChI is InChI=1S/C29H31Cl2FN8O/c1-6-23(41)39-11-16(3)40(12-15(39)2)28-19-9-22(31)24(18-7-8-21(30)26-20(18)10-33-36-26)25(32)27(19)34-29(35-28)38-13-17(14-38)37(4)5/h6-10,15-17H,1,11-14H2,2-5H3,(H,33,36)/t15-,16+/m1/s1. The molecule has 2 atom stereocenters. The molecule has 9 nitrogen and oxygen atoms in total. The summed E-state index contributed by atoms with van der Waals surface area (Å²) < 4.78 is 16.7. The molecule has 4 aromatic rings. The molecule has 2 aliphatic heterocycles. The van der Waals surface area contributed by atoms with E-state index in [9.17, 15) is 4.79 Å². The van der Waals surface area contributed by atoms with E-state index in [4.69, 9.17) is 33.2 Å². The summed E-state index contributed by atoms with van der Waals surface area (Å²) in [5.41, 5.74) is 1.59. The van der Waals surface area contributed by atoms with Crippen LogP contribution in [0.2, 0.25) is 10.0 Å². The first-order valence-corrected chi connectivity index (χ1v) is 14.3. The molecule has 12 heteroatoms. The third kappa shape index (κ3) is 4.58. The maximum Gasteiger partial charge on any atom is 0.246 e. The molecule has 1 N–H and O–H groups in total. The Morgan fingerprint density at radius 1 is 1.10 bits per heavy atom. The van der Waals surface area contributed by atoms with Crippen LogP contribution in [-0.4, -0.2) is 94.3 Å². The molecule has 2 aliphatic rings. The van der Waals surface area contributed by atoms with Crippen molar-refractivity contribution >= 4 is 62.7 Å². The van der Waals surface area contributed by atoms with Crippen LogP contribution in [0.1, 0.15) is 13.8 Å². The van der Waals surface area contributed by atoms with E-state index in [-0.39, 0.29) is 34.1 Å². The van der Waals surface area contributed by atoms with Crippen molar-refractivity contribution in [1.82, 2.24) is 30.0 Å². The van der Waals surface area contributed by atoms with Gasteiger partial charge in [0, 0.05) is 60.6 Å². The van der Waals surface area contributed by atoms with Crippen molar-refractivity contribution in [2.45, 2.75) is 32.0 Å². The van der Waals surface area contributed by atoms with Crippen molar-refractivity contribution in [3.05, 3.63) is 52.9 Å². The Morgan fingerprint density at radius 2 is 1.85 bits per heavy atom. The largest absolute Gasteiger partial charge is 0.349 e. The van der Waals surface area contributed by atoms with E-state index < -0.39 is 5.82 Å². The van der Waals surface area contributed by atoms with E-state index in [1.165, 1.54) is 6.08 Å². The first kappa shape index (κ1) is 27.7. The number of fused-ring (bicyclic) bond motifs is 2. The molecule has 0 aliphatic carbocycles. The molecule has 4 heterocycles. The van der Waals surface area contributed by atoms with Crippen molar-refractivity contribution in [3.63, 3.8) is 0 Å². The predicted molar refractivity (Wildman–Crippen MR) is 162 cm³/mol. The predicted octanol–water partition coefficient (Wildman–Crippen LogP) is 4.98. The summed E-state index contributed by atoms with van der Waals surface area (Å²) in [6, 6.07) is 5.36. The molecular formula is C29H31Cl2FN8O. The lowest BCUT2D eigenvalue weighted by atomic mass is 9.99. The average Bonchev–Trinajstić information content (AvgIpc) is 3.41. The average molecular weight is 598 g/mol. The zero-order valence-corrected chi connectivity index (χ0v) is 24.8. The number of likely N-dealkylation sites (N-methyl/N-ethyl adjacent to an activating group) is 1. The van der Waals surface area contributed by atoms with Gasteiger partial charge in [0.1, 0.15) is 11.3 Å². The number of carbonyl (C=O) groups excluding carboxylic acids is 1. The Balaban J connectivity index is 1.53. The van der Waals surface area contributed by atoms with Gasteiger partial charge in [-0.3, -0.25) is 9.89 Å². The number of benzene rings is 2. The summed E-state index contributed by atoms with van der Waals surface area (Å²) in [6.45, 7) is 10.1. The lowest BCUT2D eigenvalue weighted by molar-refractivity contribution is -0.128. The summed E-state index contributed by atoms with van der Waals surface area (Å²) in [4.78, 5) is 30.4. The number of hydrogen-bond donors (Lipinski definition) is 1. The Kier molecular flexibility index (Phi) is 7.04. The highest BCUT2D eigenvalue weighted by molar-refractivity contribution is 6.37. The maximum atomic E-state index is 16.7. The Labute approximate surface area is 247 Å². The summed E-state index contributed by atoms with van der Waals surface area (Å²) in [7, 11) is 4.08. The molecule has 41 heavy (non-hydrogen) atoms. The van der Waals surface area contributed by atoms with Gasteiger partial charge < -0.3 is 19.6 Å². The molecule has 6 rings (SSSR count). The molecule has 0 unspecified atom stereocenters. The smallest absolute Gasteiger partial charge is 0.246 e. The highest BCUT2D eigenvalue weighted by Gasteiger charge is 2.36. The van der Waals surface area contributed by atoms with E-state index >= 15 is 4.39 Å². The number of nitrogens with zero attached hydrogens (tertiary/aromatic N) is 7. The highest BCUT2D eigenvalue weighted by atomic mass is 35.5. The molecular weight excluding hydrogens is 566 g/mol.